The van der Waals surface area contributed by atoms with Crippen molar-refractivity contribution in [1.82, 2.24) is 4.98 Å². The van der Waals surface area contributed by atoms with E-state index in [4.69, 9.17) is 9.84 Å². The largest absolute Gasteiger partial charge is 0.479 e. The van der Waals surface area contributed by atoms with Crippen LogP contribution in [0.3, 0.4) is 0 Å². The summed E-state index contributed by atoms with van der Waals surface area (Å²) >= 11 is 0. The lowest BCUT2D eigenvalue weighted by Gasteiger charge is -2.12. The van der Waals surface area contributed by atoms with Crippen LogP contribution in [0.1, 0.15) is 5.56 Å². The van der Waals surface area contributed by atoms with Gasteiger partial charge in [-0.3, -0.25) is 0 Å². The van der Waals surface area contributed by atoms with Crippen molar-refractivity contribution in [2.75, 3.05) is 26.1 Å². The van der Waals surface area contributed by atoms with Crippen molar-refractivity contribution < 1.29 is 14.6 Å². The maximum Gasteiger partial charge on any atom is 0.333 e. The van der Waals surface area contributed by atoms with Crippen molar-refractivity contribution in [2.45, 2.75) is 12.5 Å². The second-order valence-electron chi connectivity index (χ2n) is 4.70. The maximum absolute atomic E-state index is 11.0. The van der Waals surface area contributed by atoms with Crippen molar-refractivity contribution >= 4 is 22.6 Å². The zero-order valence-corrected chi connectivity index (χ0v) is 11.3. The monoisotopic (exact) mass is 262 g/mol. The molecule has 0 fully saturated rings. The average molecular weight is 262 g/mol. The highest BCUT2D eigenvalue weighted by atomic mass is 16.5. The topological polar surface area (TPSA) is 65.6 Å². The van der Waals surface area contributed by atoms with Crippen LogP contribution in [0.5, 0.6) is 0 Å². The molecule has 0 radical (unpaired) electrons. The molecule has 1 aromatic heterocycles. The molecule has 19 heavy (non-hydrogen) atoms. The number of nitrogens with zero attached hydrogens (tertiary/aromatic N) is 1. The van der Waals surface area contributed by atoms with E-state index in [-0.39, 0.29) is 0 Å². The fraction of sp³-hybridized carbons (Fsp3) is 0.357. The van der Waals surface area contributed by atoms with Crippen molar-refractivity contribution in [1.29, 1.82) is 0 Å². The maximum atomic E-state index is 11.0. The summed E-state index contributed by atoms with van der Waals surface area (Å²) in [5.74, 6) is -0.943. The van der Waals surface area contributed by atoms with Gasteiger partial charge in [0.2, 0.25) is 0 Å². The van der Waals surface area contributed by atoms with E-state index in [9.17, 15) is 4.79 Å². The molecule has 0 aliphatic heterocycles. The van der Waals surface area contributed by atoms with Gasteiger partial charge in [-0.25, -0.2) is 4.79 Å². The van der Waals surface area contributed by atoms with E-state index in [1.54, 1.807) is 0 Å². The summed E-state index contributed by atoms with van der Waals surface area (Å²) in [5, 5.41) is 10.1. The van der Waals surface area contributed by atoms with E-state index >= 15 is 0 Å². The number of ether oxygens (including phenoxy) is 1. The molecular weight excluding hydrogens is 244 g/mol. The molecule has 102 valence electrons. The van der Waals surface area contributed by atoms with Crippen LogP contribution in [0, 0.1) is 0 Å². The summed E-state index contributed by atoms with van der Waals surface area (Å²) in [7, 11) is 5.38. The zero-order chi connectivity index (χ0) is 14.0. The van der Waals surface area contributed by atoms with Crippen LogP contribution in [0.4, 0.5) is 5.69 Å². The lowest BCUT2D eigenvalue weighted by atomic mass is 10.1. The Morgan fingerprint density at radius 1 is 1.47 bits per heavy atom. The summed E-state index contributed by atoms with van der Waals surface area (Å²) in [6.45, 7) is 0. The lowest BCUT2D eigenvalue weighted by Crippen LogP contribution is -2.24. The average Bonchev–Trinajstić information content (AvgIpc) is 2.77. The first kappa shape index (κ1) is 13.4. The molecular formula is C14H18N2O3. The lowest BCUT2D eigenvalue weighted by molar-refractivity contribution is -0.148. The van der Waals surface area contributed by atoms with Gasteiger partial charge in [0.25, 0.3) is 0 Å². The highest BCUT2D eigenvalue weighted by molar-refractivity contribution is 5.87. The van der Waals surface area contributed by atoms with Crippen LogP contribution in [-0.4, -0.2) is 43.4 Å². The number of aromatic nitrogens is 1. The van der Waals surface area contributed by atoms with Gasteiger partial charge in [-0.2, -0.15) is 0 Å². The van der Waals surface area contributed by atoms with Crippen molar-refractivity contribution in [3.63, 3.8) is 0 Å². The van der Waals surface area contributed by atoms with E-state index in [0.29, 0.717) is 6.42 Å². The molecule has 5 nitrogen and oxygen atoms in total. The molecule has 1 atom stereocenters. The molecule has 0 saturated carbocycles. The minimum Gasteiger partial charge on any atom is -0.479 e. The van der Waals surface area contributed by atoms with Crippen LogP contribution in [0.2, 0.25) is 0 Å². The van der Waals surface area contributed by atoms with Gasteiger partial charge in [-0.15, -0.1) is 0 Å². The first-order valence-electron chi connectivity index (χ1n) is 6.06. The van der Waals surface area contributed by atoms with E-state index in [0.717, 1.165) is 22.2 Å². The summed E-state index contributed by atoms with van der Waals surface area (Å²) in [6.07, 6.45) is 1.39. The number of fused-ring (bicyclic) bond motifs is 1. The number of nitrogens with one attached hydrogen (secondary N) is 1. The third kappa shape index (κ3) is 2.71. The molecule has 2 aromatic rings. The highest BCUT2D eigenvalue weighted by Crippen LogP contribution is 2.24. The van der Waals surface area contributed by atoms with Gasteiger partial charge in [0, 0.05) is 50.4 Å². The Kier molecular flexibility index (Phi) is 3.76. The second kappa shape index (κ2) is 5.32. The number of anilines is 1. The van der Waals surface area contributed by atoms with Gasteiger partial charge in [0.15, 0.2) is 6.10 Å². The van der Waals surface area contributed by atoms with E-state index in [2.05, 4.69) is 4.98 Å². The van der Waals surface area contributed by atoms with E-state index in [1.807, 2.05) is 43.4 Å². The number of hydrogen-bond acceptors (Lipinski definition) is 3. The molecule has 0 saturated heterocycles. The fourth-order valence-corrected chi connectivity index (χ4v) is 2.09. The van der Waals surface area contributed by atoms with Crippen molar-refractivity contribution in [3.05, 3.63) is 30.0 Å². The van der Waals surface area contributed by atoms with Crippen LogP contribution < -0.4 is 4.90 Å². The number of carboxylic acid groups (broad SMARTS) is 1. The van der Waals surface area contributed by atoms with Crippen LogP contribution in [-0.2, 0) is 16.0 Å². The minimum absolute atomic E-state index is 0.354. The SMILES string of the molecule is CO[C@@H](Cc1c[nH]c2cc(N(C)C)ccc12)C(=O)O. The summed E-state index contributed by atoms with van der Waals surface area (Å²) in [6, 6.07) is 6.06. The number of H-pyrrole nitrogens is 1. The Labute approximate surface area is 111 Å². The van der Waals surface area contributed by atoms with Gasteiger partial charge in [0.1, 0.15) is 0 Å². The quantitative estimate of drug-likeness (QED) is 0.863. The smallest absolute Gasteiger partial charge is 0.333 e. The van der Waals surface area contributed by atoms with Crippen molar-refractivity contribution in [2.24, 2.45) is 0 Å². The Morgan fingerprint density at radius 3 is 2.79 bits per heavy atom. The number of carboxylic acids is 1. The summed E-state index contributed by atoms with van der Waals surface area (Å²) in [4.78, 5) is 16.2. The summed E-state index contributed by atoms with van der Waals surface area (Å²) in [5.41, 5.74) is 3.05. The van der Waals surface area contributed by atoms with Crippen LogP contribution >= 0.6 is 0 Å². The Balaban J connectivity index is 2.33. The first-order chi connectivity index (χ1) is 9.02. The van der Waals surface area contributed by atoms with E-state index < -0.39 is 12.1 Å². The molecule has 1 heterocycles. The van der Waals surface area contributed by atoms with Crippen LogP contribution in [0.15, 0.2) is 24.4 Å². The molecule has 0 bridgehead atoms. The van der Waals surface area contributed by atoms with Crippen molar-refractivity contribution in [3.8, 4) is 0 Å². The number of rotatable bonds is 5. The summed E-state index contributed by atoms with van der Waals surface area (Å²) < 4.78 is 4.97. The Bertz CT molecular complexity index is 589. The molecule has 0 amide bonds. The molecule has 5 heteroatoms. The van der Waals surface area contributed by atoms with E-state index in [1.165, 1.54) is 7.11 Å². The van der Waals surface area contributed by atoms with Crippen LogP contribution in [0.25, 0.3) is 10.9 Å². The molecule has 0 unspecified atom stereocenters. The van der Waals surface area contributed by atoms with Gasteiger partial charge < -0.3 is 19.7 Å². The first-order valence-corrected chi connectivity index (χ1v) is 6.06. The molecule has 0 spiro atoms. The number of aromatic amines is 1. The van der Waals surface area contributed by atoms with Gasteiger partial charge in [-0.1, -0.05) is 6.07 Å². The third-order valence-corrected chi connectivity index (χ3v) is 3.23. The number of methoxy groups -OCH3 is 1. The molecule has 1 aromatic carbocycles. The predicted molar refractivity (Wildman–Crippen MR) is 74.8 cm³/mol. The zero-order valence-electron chi connectivity index (χ0n) is 11.3. The molecule has 2 rings (SSSR count). The Hall–Kier alpha value is -2.01. The molecule has 0 aliphatic carbocycles. The Morgan fingerprint density at radius 2 is 2.21 bits per heavy atom. The third-order valence-electron chi connectivity index (χ3n) is 3.23. The number of hydrogen-bond donors (Lipinski definition) is 2. The fourth-order valence-electron chi connectivity index (χ4n) is 2.09. The standard InChI is InChI=1S/C14H18N2O3/c1-16(2)10-4-5-11-9(8-15-12(11)7-10)6-13(19-3)14(17)18/h4-5,7-8,13,15H,6H2,1-3H3,(H,17,18)/t13-/m0/s1. The second-order valence-corrected chi connectivity index (χ2v) is 4.70. The van der Waals surface area contributed by atoms with Gasteiger partial charge in [0.05, 0.1) is 0 Å². The molecule has 0 aliphatic rings. The number of benzene rings is 1. The highest BCUT2D eigenvalue weighted by Gasteiger charge is 2.18. The minimum atomic E-state index is -0.943. The predicted octanol–water partition coefficient (Wildman–Crippen LogP) is 1.88. The number of carbonyl (C=O) groups is 1. The number of aliphatic carboxylic acids is 1. The van der Waals surface area contributed by atoms with Gasteiger partial charge >= 0.3 is 5.97 Å². The van der Waals surface area contributed by atoms with Gasteiger partial charge in [-0.05, 0) is 17.7 Å². The molecule has 2 N–H and O–H groups in total. The normalized spacial score (nSPS) is 12.6.